The number of aliphatic carboxylic acids is 1. The Morgan fingerprint density at radius 1 is 1.06 bits per heavy atom. The lowest BCUT2D eigenvalue weighted by Crippen LogP contribution is -2.51. The number of carbonyl (C=O) groups excluding carboxylic acids is 3. The molecule has 0 saturated heterocycles. The highest BCUT2D eigenvalue weighted by Crippen LogP contribution is 2.47. The zero-order valence-electron chi connectivity index (χ0n) is 19.1. The van der Waals surface area contributed by atoms with Gasteiger partial charge in [-0.05, 0) is 65.1 Å². The molecule has 0 aromatic heterocycles. The van der Waals surface area contributed by atoms with Gasteiger partial charge in [-0.3, -0.25) is 9.59 Å². The number of alkyl carbamates (subject to hydrolysis) is 1. The summed E-state index contributed by atoms with van der Waals surface area (Å²) >= 11 is 3.47. The second-order valence-corrected chi connectivity index (χ2v) is 16.4. The van der Waals surface area contributed by atoms with Crippen molar-refractivity contribution in [3.8, 4) is 0 Å². The largest absolute Gasteiger partial charge is 0.480 e. The number of rotatable bonds is 15. The van der Waals surface area contributed by atoms with E-state index in [1.165, 1.54) is 0 Å². The summed E-state index contributed by atoms with van der Waals surface area (Å²) in [5.74, 6) is -1.64. The van der Waals surface area contributed by atoms with Crippen LogP contribution < -0.4 is 16.4 Å². The van der Waals surface area contributed by atoms with E-state index in [2.05, 4.69) is 25.4 Å². The van der Waals surface area contributed by atoms with Crippen molar-refractivity contribution in [1.82, 2.24) is 10.6 Å². The van der Waals surface area contributed by atoms with Gasteiger partial charge in [0.15, 0.2) is 0 Å². The highest BCUT2D eigenvalue weighted by Gasteiger charge is 2.27. The molecule has 9 nitrogen and oxygen atoms in total. The van der Waals surface area contributed by atoms with Gasteiger partial charge < -0.3 is 26.2 Å². The standard InChI is InChI=1S/C22H34BrN3O6S/c1-33(2,23)15-17(27)11-12-19(21(29)30)25-20(28)18(10-6-7-13-24)26-22(31)32-14-16-8-4-3-5-9-16/h3-5,8-9,18-19H,6-7,10-15,24H2,1-2H3,(H,25,28)(H,26,31)(H,29,30). The van der Waals surface area contributed by atoms with E-state index in [-0.39, 0.29) is 31.7 Å². The zero-order valence-corrected chi connectivity index (χ0v) is 21.5. The maximum absolute atomic E-state index is 12.8. The van der Waals surface area contributed by atoms with Gasteiger partial charge in [-0.2, -0.15) is 8.46 Å². The van der Waals surface area contributed by atoms with Crippen LogP contribution in [0.2, 0.25) is 0 Å². The lowest BCUT2D eigenvalue weighted by atomic mass is 10.1. The number of unbranched alkanes of at least 4 members (excludes halogenated alkanes) is 1. The Kier molecular flexibility index (Phi) is 13.1. The van der Waals surface area contributed by atoms with E-state index in [1.807, 2.05) is 30.7 Å². The number of ketones is 1. The van der Waals surface area contributed by atoms with E-state index in [0.717, 1.165) is 5.56 Å². The molecule has 0 heterocycles. The first-order chi connectivity index (χ1) is 15.5. The number of ether oxygens (including phenoxy) is 1. The lowest BCUT2D eigenvalue weighted by molar-refractivity contribution is -0.142. The molecule has 1 aromatic carbocycles. The van der Waals surface area contributed by atoms with Crippen LogP contribution in [0.5, 0.6) is 0 Å². The zero-order chi connectivity index (χ0) is 24.9. The van der Waals surface area contributed by atoms with Crippen molar-refractivity contribution in [2.75, 3.05) is 24.8 Å². The van der Waals surface area contributed by atoms with Crippen molar-refractivity contribution in [1.29, 1.82) is 0 Å². The third-order valence-corrected chi connectivity index (χ3v) is 6.29. The molecular formula is C22H34BrN3O6S. The molecule has 0 fully saturated rings. The van der Waals surface area contributed by atoms with Crippen molar-refractivity contribution in [2.45, 2.75) is 50.8 Å². The maximum atomic E-state index is 12.8. The Morgan fingerprint density at radius 2 is 1.73 bits per heavy atom. The van der Waals surface area contributed by atoms with E-state index in [0.29, 0.717) is 25.1 Å². The number of hydrogen-bond donors (Lipinski definition) is 4. The molecule has 0 radical (unpaired) electrons. The van der Waals surface area contributed by atoms with Gasteiger partial charge in [-0.25, -0.2) is 9.59 Å². The molecule has 0 aliphatic rings. The molecule has 2 unspecified atom stereocenters. The van der Waals surface area contributed by atoms with Gasteiger partial charge in [0, 0.05) is 12.2 Å². The molecule has 1 rings (SSSR count). The van der Waals surface area contributed by atoms with Crippen molar-refractivity contribution < 1.29 is 29.0 Å². The molecule has 2 amide bonds. The third kappa shape index (κ3) is 13.2. The van der Waals surface area contributed by atoms with Gasteiger partial charge in [-0.15, -0.1) is 0 Å². The molecule has 0 spiro atoms. The number of carboxylic acid groups (broad SMARTS) is 1. The Labute approximate surface area is 203 Å². The predicted molar refractivity (Wildman–Crippen MR) is 133 cm³/mol. The summed E-state index contributed by atoms with van der Waals surface area (Å²) in [6.45, 7) is 0.466. The van der Waals surface area contributed by atoms with Crippen LogP contribution in [0.1, 0.15) is 37.7 Å². The van der Waals surface area contributed by atoms with Gasteiger partial charge in [0.25, 0.3) is 0 Å². The van der Waals surface area contributed by atoms with Gasteiger partial charge in [0.2, 0.25) is 5.91 Å². The quantitative estimate of drug-likeness (QED) is 0.246. The van der Waals surface area contributed by atoms with Crippen molar-refractivity contribution in [2.24, 2.45) is 5.73 Å². The summed E-state index contributed by atoms with van der Waals surface area (Å²) in [7, 11) is -1.22. The number of benzene rings is 1. The molecule has 0 aliphatic heterocycles. The summed E-state index contributed by atoms with van der Waals surface area (Å²) in [5.41, 5.74) is 6.30. The first kappa shape index (κ1) is 28.9. The molecule has 1 aromatic rings. The second-order valence-electron chi connectivity index (χ2n) is 8.07. The SMILES string of the molecule is CS(C)(Br)CC(=O)CCC(NC(=O)C(CCCCN)NC(=O)OCc1ccccc1)C(=O)O. The molecule has 11 heteroatoms. The number of carbonyl (C=O) groups is 4. The molecule has 5 N–H and O–H groups in total. The number of nitrogens with two attached hydrogens (primary N) is 1. The minimum atomic E-state index is -1.24. The maximum Gasteiger partial charge on any atom is 0.408 e. The molecule has 0 saturated carbocycles. The van der Waals surface area contributed by atoms with Gasteiger partial charge in [0.05, 0.1) is 0 Å². The van der Waals surface area contributed by atoms with Crippen LogP contribution in [0.4, 0.5) is 4.79 Å². The number of hydrogen-bond acceptors (Lipinski definition) is 6. The number of halogens is 1. The number of carboxylic acids is 1. The number of Topliss-reactive ketones (excluding diaryl/α,β-unsaturated/α-hetero) is 1. The van der Waals surface area contributed by atoms with Crippen molar-refractivity contribution in [3.05, 3.63) is 35.9 Å². The predicted octanol–water partition coefficient (Wildman–Crippen LogP) is 2.70. The molecule has 0 aliphatic carbocycles. The van der Waals surface area contributed by atoms with Gasteiger partial charge in [0.1, 0.15) is 24.5 Å². The Hall–Kier alpha value is -2.11. The monoisotopic (exact) mass is 547 g/mol. The highest BCUT2D eigenvalue weighted by atomic mass is 79.9. The lowest BCUT2D eigenvalue weighted by Gasteiger charge is -2.23. The van der Waals surface area contributed by atoms with Crippen LogP contribution in [-0.2, 0) is 25.7 Å². The van der Waals surface area contributed by atoms with Crippen LogP contribution in [0.3, 0.4) is 0 Å². The minimum Gasteiger partial charge on any atom is -0.480 e. The average Bonchev–Trinajstić information content (AvgIpc) is 2.73. The summed E-state index contributed by atoms with van der Waals surface area (Å²) < 4.78 is 5.17. The van der Waals surface area contributed by atoms with E-state index in [4.69, 9.17) is 10.5 Å². The Bertz CT molecular complexity index is 788. The van der Waals surface area contributed by atoms with Crippen LogP contribution >= 0.6 is 23.3 Å². The summed E-state index contributed by atoms with van der Waals surface area (Å²) in [4.78, 5) is 48.8. The highest BCUT2D eigenvalue weighted by molar-refractivity contribution is 9.58. The summed E-state index contributed by atoms with van der Waals surface area (Å²) in [6, 6.07) is 6.85. The molecule has 2 atom stereocenters. The molecule has 0 bridgehead atoms. The van der Waals surface area contributed by atoms with Gasteiger partial charge >= 0.3 is 12.1 Å². The summed E-state index contributed by atoms with van der Waals surface area (Å²) in [6.07, 6.45) is 4.55. The third-order valence-electron chi connectivity index (χ3n) is 4.60. The van der Waals surface area contributed by atoms with Crippen LogP contribution in [0.15, 0.2) is 30.3 Å². The van der Waals surface area contributed by atoms with E-state index < -0.39 is 38.5 Å². The summed E-state index contributed by atoms with van der Waals surface area (Å²) in [5, 5.41) is 14.5. The van der Waals surface area contributed by atoms with Crippen LogP contribution in [0, 0.1) is 0 Å². The van der Waals surface area contributed by atoms with Crippen LogP contribution in [0.25, 0.3) is 0 Å². The normalized spacial score (nSPS) is 13.5. The first-order valence-corrected chi connectivity index (χ1v) is 15.1. The fourth-order valence-corrected chi connectivity index (χ4v) is 4.63. The van der Waals surface area contributed by atoms with Crippen LogP contribution in [-0.4, -0.2) is 65.8 Å². The van der Waals surface area contributed by atoms with Crippen molar-refractivity contribution in [3.63, 3.8) is 0 Å². The second kappa shape index (κ2) is 14.9. The van der Waals surface area contributed by atoms with Gasteiger partial charge in [-0.1, -0.05) is 30.3 Å². The fourth-order valence-electron chi connectivity index (χ4n) is 2.96. The Morgan fingerprint density at radius 3 is 2.30 bits per heavy atom. The molecule has 33 heavy (non-hydrogen) atoms. The molecule has 186 valence electrons. The van der Waals surface area contributed by atoms with Crippen molar-refractivity contribution >= 4 is 47.0 Å². The van der Waals surface area contributed by atoms with E-state index in [9.17, 15) is 24.3 Å². The molecular weight excluding hydrogens is 514 g/mol. The Balaban J connectivity index is 2.70. The topological polar surface area (TPSA) is 148 Å². The fraction of sp³-hybridized carbons (Fsp3) is 0.545. The first-order valence-electron chi connectivity index (χ1n) is 10.6. The number of nitrogens with one attached hydrogen (secondary N) is 2. The number of amides is 2. The smallest absolute Gasteiger partial charge is 0.408 e. The van der Waals surface area contributed by atoms with E-state index >= 15 is 0 Å². The van der Waals surface area contributed by atoms with E-state index in [1.54, 1.807) is 12.1 Å². The minimum absolute atomic E-state index is 0.0313. The average molecular weight is 549 g/mol.